The molecule has 0 unspecified atom stereocenters. The van der Waals surface area contributed by atoms with Crippen LogP contribution in [0.1, 0.15) is 40.5 Å². The summed E-state index contributed by atoms with van der Waals surface area (Å²) < 4.78 is 0. The minimum absolute atomic E-state index is 0.444. The Labute approximate surface area is 124 Å². The Morgan fingerprint density at radius 2 is 2.24 bits per heavy atom. The largest absolute Gasteiger partial charge is 0.478 e. The van der Waals surface area contributed by atoms with Gasteiger partial charge in [-0.3, -0.25) is 9.88 Å². The molecule has 0 spiro atoms. The number of aromatic nitrogens is 1. The average Bonchev–Trinajstić information content (AvgIpc) is 2.45. The average molecular weight is 284 g/mol. The molecule has 1 aliphatic rings. The second kappa shape index (κ2) is 5.45. The summed E-state index contributed by atoms with van der Waals surface area (Å²) in [6.45, 7) is 6.80. The molecule has 1 aromatic heterocycles. The highest BCUT2D eigenvalue weighted by Gasteiger charge is 2.25. The molecular weight excluding hydrogens is 264 g/mol. The van der Waals surface area contributed by atoms with Crippen molar-refractivity contribution in [2.45, 2.75) is 33.2 Å². The topological polar surface area (TPSA) is 53.4 Å². The highest BCUT2D eigenvalue weighted by atomic mass is 16.4. The Morgan fingerprint density at radius 1 is 1.43 bits per heavy atom. The molecule has 0 saturated heterocycles. The van der Waals surface area contributed by atoms with Crippen LogP contribution in [0, 0.1) is 6.92 Å². The molecule has 0 radical (unpaired) electrons. The van der Waals surface area contributed by atoms with Crippen LogP contribution in [0.25, 0.3) is 10.9 Å². The first-order valence-corrected chi connectivity index (χ1v) is 7.48. The van der Waals surface area contributed by atoms with Gasteiger partial charge in [-0.15, -0.1) is 0 Å². The number of pyridine rings is 1. The van der Waals surface area contributed by atoms with Gasteiger partial charge in [-0.1, -0.05) is 25.1 Å². The van der Waals surface area contributed by atoms with E-state index in [9.17, 15) is 9.90 Å². The molecule has 1 aromatic carbocycles. The maximum atomic E-state index is 11.8. The van der Waals surface area contributed by atoms with Gasteiger partial charge in [0.1, 0.15) is 0 Å². The third-order valence-corrected chi connectivity index (χ3v) is 4.20. The van der Waals surface area contributed by atoms with Crippen molar-refractivity contribution >= 4 is 16.9 Å². The van der Waals surface area contributed by atoms with E-state index in [4.69, 9.17) is 4.98 Å². The number of carboxylic acids is 1. The summed E-state index contributed by atoms with van der Waals surface area (Å²) in [4.78, 5) is 18.9. The lowest BCUT2D eigenvalue weighted by molar-refractivity contribution is 0.0695. The van der Waals surface area contributed by atoms with Crippen LogP contribution >= 0.6 is 0 Å². The first-order chi connectivity index (χ1) is 10.1. The summed E-state index contributed by atoms with van der Waals surface area (Å²) in [7, 11) is 0. The first-order valence-electron chi connectivity index (χ1n) is 7.48. The minimum atomic E-state index is -0.845. The number of carbonyl (C=O) groups is 1. The lowest BCUT2D eigenvalue weighted by atomic mass is 9.94. The van der Waals surface area contributed by atoms with E-state index >= 15 is 0 Å². The van der Waals surface area contributed by atoms with Crippen LogP contribution in [0.5, 0.6) is 0 Å². The Morgan fingerprint density at radius 3 is 2.95 bits per heavy atom. The predicted octanol–water partition coefficient (Wildman–Crippen LogP) is 3.01. The van der Waals surface area contributed by atoms with E-state index < -0.39 is 5.97 Å². The van der Waals surface area contributed by atoms with Gasteiger partial charge in [0.05, 0.1) is 11.1 Å². The Bertz CT molecular complexity index is 709. The summed E-state index contributed by atoms with van der Waals surface area (Å²) >= 11 is 0. The Hall–Kier alpha value is -1.94. The van der Waals surface area contributed by atoms with Crippen LogP contribution in [-0.2, 0) is 13.0 Å². The van der Waals surface area contributed by atoms with Gasteiger partial charge in [-0.05, 0) is 25.5 Å². The van der Waals surface area contributed by atoms with E-state index in [0.29, 0.717) is 12.1 Å². The second-order valence-corrected chi connectivity index (χ2v) is 5.71. The molecule has 0 amide bonds. The van der Waals surface area contributed by atoms with Crippen molar-refractivity contribution in [3.8, 4) is 0 Å². The quantitative estimate of drug-likeness (QED) is 0.941. The van der Waals surface area contributed by atoms with Gasteiger partial charge < -0.3 is 5.11 Å². The molecule has 1 aliphatic heterocycles. The van der Waals surface area contributed by atoms with E-state index in [1.807, 2.05) is 25.1 Å². The molecule has 21 heavy (non-hydrogen) atoms. The molecule has 3 rings (SSSR count). The maximum Gasteiger partial charge on any atom is 0.336 e. The molecular formula is C17H20N2O2. The van der Waals surface area contributed by atoms with E-state index in [0.717, 1.165) is 53.7 Å². The lowest BCUT2D eigenvalue weighted by Gasteiger charge is -2.29. The van der Waals surface area contributed by atoms with Gasteiger partial charge in [0.25, 0.3) is 0 Å². The summed E-state index contributed by atoms with van der Waals surface area (Å²) in [6, 6.07) is 5.77. The third-order valence-electron chi connectivity index (χ3n) is 4.20. The van der Waals surface area contributed by atoms with Gasteiger partial charge in [-0.2, -0.15) is 0 Å². The van der Waals surface area contributed by atoms with Crippen molar-refractivity contribution in [1.82, 2.24) is 9.88 Å². The van der Waals surface area contributed by atoms with Crippen LogP contribution < -0.4 is 0 Å². The summed E-state index contributed by atoms with van der Waals surface area (Å²) in [5.74, 6) is -0.845. The molecule has 2 aromatic rings. The lowest BCUT2D eigenvalue weighted by Crippen LogP contribution is -2.33. The number of nitrogens with zero attached hydrogens (tertiary/aromatic N) is 2. The van der Waals surface area contributed by atoms with Crippen LogP contribution in [0.4, 0.5) is 0 Å². The van der Waals surface area contributed by atoms with Crippen LogP contribution in [0.3, 0.4) is 0 Å². The Kier molecular flexibility index (Phi) is 3.64. The maximum absolute atomic E-state index is 11.8. The van der Waals surface area contributed by atoms with Crippen molar-refractivity contribution in [2.75, 3.05) is 13.1 Å². The highest BCUT2D eigenvalue weighted by Crippen LogP contribution is 2.29. The molecule has 4 heteroatoms. The minimum Gasteiger partial charge on any atom is -0.478 e. The van der Waals surface area contributed by atoms with Gasteiger partial charge in [-0.25, -0.2) is 4.79 Å². The Balaban J connectivity index is 2.23. The highest BCUT2D eigenvalue weighted by molar-refractivity contribution is 6.04. The van der Waals surface area contributed by atoms with E-state index in [2.05, 4.69) is 11.8 Å². The third kappa shape index (κ3) is 2.40. The standard InChI is InChI=1S/C17H20N2O2/c1-3-8-19-9-7-14-13(10-19)15(17(20)21)12-6-4-5-11(2)16(12)18-14/h4-6H,3,7-10H2,1-2H3,(H,20,21). The first kappa shape index (κ1) is 14.0. The normalized spacial score (nSPS) is 15.1. The predicted molar refractivity (Wildman–Crippen MR) is 82.7 cm³/mol. The number of para-hydroxylation sites is 1. The zero-order chi connectivity index (χ0) is 15.0. The summed E-state index contributed by atoms with van der Waals surface area (Å²) in [5, 5.41) is 10.5. The molecule has 110 valence electrons. The number of carboxylic acid groups (broad SMARTS) is 1. The van der Waals surface area contributed by atoms with Crippen molar-refractivity contribution in [3.05, 3.63) is 40.6 Å². The van der Waals surface area contributed by atoms with Crippen LogP contribution in [0.2, 0.25) is 0 Å². The number of benzene rings is 1. The van der Waals surface area contributed by atoms with Gasteiger partial charge in [0.15, 0.2) is 0 Å². The number of fused-ring (bicyclic) bond motifs is 2. The summed E-state index contributed by atoms with van der Waals surface area (Å²) in [6.07, 6.45) is 1.91. The number of hydrogen-bond donors (Lipinski definition) is 1. The number of rotatable bonds is 3. The fraction of sp³-hybridized carbons (Fsp3) is 0.412. The molecule has 0 aliphatic carbocycles. The van der Waals surface area contributed by atoms with E-state index in [1.165, 1.54) is 0 Å². The second-order valence-electron chi connectivity index (χ2n) is 5.71. The summed E-state index contributed by atoms with van der Waals surface area (Å²) in [5.41, 5.74) is 4.17. The van der Waals surface area contributed by atoms with Crippen molar-refractivity contribution in [2.24, 2.45) is 0 Å². The SMILES string of the molecule is CCCN1CCc2nc3c(C)cccc3c(C(=O)O)c2C1. The zero-order valence-electron chi connectivity index (χ0n) is 12.5. The fourth-order valence-corrected chi connectivity index (χ4v) is 3.21. The molecule has 2 heterocycles. The van der Waals surface area contributed by atoms with Crippen LogP contribution in [-0.4, -0.2) is 34.0 Å². The molecule has 1 N–H and O–H groups in total. The van der Waals surface area contributed by atoms with E-state index in [-0.39, 0.29) is 0 Å². The zero-order valence-corrected chi connectivity index (χ0v) is 12.5. The molecule has 4 nitrogen and oxygen atoms in total. The number of aryl methyl sites for hydroxylation is 1. The fourth-order valence-electron chi connectivity index (χ4n) is 3.21. The molecule has 0 fully saturated rings. The number of hydrogen-bond acceptors (Lipinski definition) is 3. The van der Waals surface area contributed by atoms with Gasteiger partial charge in [0, 0.05) is 36.2 Å². The smallest absolute Gasteiger partial charge is 0.336 e. The van der Waals surface area contributed by atoms with Crippen molar-refractivity contribution in [1.29, 1.82) is 0 Å². The van der Waals surface area contributed by atoms with E-state index in [1.54, 1.807) is 0 Å². The van der Waals surface area contributed by atoms with Gasteiger partial charge >= 0.3 is 5.97 Å². The molecule has 0 atom stereocenters. The molecule has 0 bridgehead atoms. The monoisotopic (exact) mass is 284 g/mol. The van der Waals surface area contributed by atoms with Crippen molar-refractivity contribution < 1.29 is 9.90 Å². The van der Waals surface area contributed by atoms with Gasteiger partial charge in [0.2, 0.25) is 0 Å². The van der Waals surface area contributed by atoms with Crippen molar-refractivity contribution in [3.63, 3.8) is 0 Å². The molecule has 0 saturated carbocycles. The number of aromatic carboxylic acids is 1. The van der Waals surface area contributed by atoms with Crippen LogP contribution in [0.15, 0.2) is 18.2 Å².